The lowest BCUT2D eigenvalue weighted by Crippen LogP contribution is -2.38. The first-order valence-corrected chi connectivity index (χ1v) is 5.84. The number of hydrogen-bond donors (Lipinski definition) is 1. The van der Waals surface area contributed by atoms with Crippen LogP contribution in [0.25, 0.3) is 0 Å². The fourth-order valence-electron chi connectivity index (χ4n) is 2.40. The number of nitrogens with zero attached hydrogens (tertiary/aromatic N) is 1. The van der Waals surface area contributed by atoms with Gasteiger partial charge in [-0.2, -0.15) is 0 Å². The number of carbonyl (C=O) groups excluding carboxylic acids is 1. The molecule has 1 aliphatic rings. The van der Waals surface area contributed by atoms with E-state index in [9.17, 15) is 14.7 Å². The first-order valence-electron chi connectivity index (χ1n) is 5.84. The minimum atomic E-state index is -0.951. The molecule has 4 heteroatoms. The summed E-state index contributed by atoms with van der Waals surface area (Å²) in [6.45, 7) is 3.46. The van der Waals surface area contributed by atoms with E-state index in [1.165, 1.54) is 4.90 Å². The maximum absolute atomic E-state index is 12.1. The van der Waals surface area contributed by atoms with Gasteiger partial charge in [-0.3, -0.25) is 9.69 Å². The smallest absolute Gasteiger partial charge is 0.333 e. The molecule has 0 saturated heterocycles. The average molecular weight is 245 g/mol. The molecule has 1 heterocycles. The van der Waals surface area contributed by atoms with Crippen LogP contribution in [0.2, 0.25) is 0 Å². The number of aliphatic carboxylic acids is 1. The summed E-state index contributed by atoms with van der Waals surface area (Å²) in [4.78, 5) is 24.8. The number of para-hydroxylation sites is 1. The molecule has 0 bridgehead atoms. The van der Waals surface area contributed by atoms with Crippen LogP contribution in [0.1, 0.15) is 20.3 Å². The van der Waals surface area contributed by atoms with Crippen molar-refractivity contribution in [3.05, 3.63) is 41.6 Å². The quantitative estimate of drug-likeness (QED) is 0.870. The fourth-order valence-corrected chi connectivity index (χ4v) is 2.40. The van der Waals surface area contributed by atoms with Crippen LogP contribution in [0, 0.1) is 5.92 Å². The molecule has 1 N–H and O–H groups in total. The molecule has 0 aromatic heterocycles. The maximum atomic E-state index is 12.1. The molecule has 1 aromatic carbocycles. The second-order valence-corrected chi connectivity index (χ2v) is 4.47. The van der Waals surface area contributed by atoms with Gasteiger partial charge >= 0.3 is 5.97 Å². The summed E-state index contributed by atoms with van der Waals surface area (Å²) in [5, 5.41) is 9.23. The third kappa shape index (κ3) is 2.01. The van der Waals surface area contributed by atoms with Crippen LogP contribution in [-0.4, -0.2) is 17.0 Å². The highest BCUT2D eigenvalue weighted by Gasteiger charge is 2.33. The highest BCUT2D eigenvalue weighted by atomic mass is 16.4. The van der Waals surface area contributed by atoms with E-state index in [1.54, 1.807) is 26.0 Å². The summed E-state index contributed by atoms with van der Waals surface area (Å²) in [5.41, 5.74) is 1.54. The zero-order valence-corrected chi connectivity index (χ0v) is 10.4. The zero-order chi connectivity index (χ0) is 13.3. The van der Waals surface area contributed by atoms with Gasteiger partial charge in [-0.05, 0) is 25.0 Å². The number of carboxylic acids is 1. The lowest BCUT2D eigenvalue weighted by atomic mass is 9.91. The summed E-state index contributed by atoms with van der Waals surface area (Å²) in [6, 6.07) is 9.12. The van der Waals surface area contributed by atoms with Crippen LogP contribution >= 0.6 is 0 Å². The van der Waals surface area contributed by atoms with Crippen LogP contribution in [0.5, 0.6) is 0 Å². The van der Waals surface area contributed by atoms with Gasteiger partial charge < -0.3 is 5.11 Å². The Morgan fingerprint density at radius 3 is 2.50 bits per heavy atom. The van der Waals surface area contributed by atoms with Gasteiger partial charge in [0.25, 0.3) is 0 Å². The van der Waals surface area contributed by atoms with E-state index in [2.05, 4.69) is 0 Å². The SMILES string of the molecule is CC1=C(C(=O)O)[C@H](C)CC(=O)N1c1ccccc1. The van der Waals surface area contributed by atoms with Gasteiger partial charge in [-0.1, -0.05) is 25.1 Å². The van der Waals surface area contributed by atoms with Crippen LogP contribution < -0.4 is 4.90 Å². The Balaban J connectivity index is 2.53. The van der Waals surface area contributed by atoms with E-state index in [0.717, 1.165) is 0 Å². The number of anilines is 1. The molecule has 2 rings (SSSR count). The van der Waals surface area contributed by atoms with Crippen molar-refractivity contribution in [2.24, 2.45) is 5.92 Å². The van der Waals surface area contributed by atoms with Crippen molar-refractivity contribution in [3.8, 4) is 0 Å². The minimum Gasteiger partial charge on any atom is -0.478 e. The molecule has 1 aromatic rings. The summed E-state index contributed by atoms with van der Waals surface area (Å²) in [7, 11) is 0. The van der Waals surface area contributed by atoms with E-state index in [4.69, 9.17) is 0 Å². The maximum Gasteiger partial charge on any atom is 0.333 e. The lowest BCUT2D eigenvalue weighted by molar-refractivity contribution is -0.133. The number of hydrogen-bond acceptors (Lipinski definition) is 2. The molecule has 94 valence electrons. The second kappa shape index (κ2) is 4.64. The third-order valence-electron chi connectivity index (χ3n) is 3.19. The van der Waals surface area contributed by atoms with Crippen LogP contribution in [-0.2, 0) is 9.59 Å². The first kappa shape index (κ1) is 12.4. The van der Waals surface area contributed by atoms with Gasteiger partial charge in [-0.15, -0.1) is 0 Å². The molecule has 0 unspecified atom stereocenters. The zero-order valence-electron chi connectivity index (χ0n) is 10.4. The van der Waals surface area contributed by atoms with Crippen LogP contribution in [0.15, 0.2) is 41.6 Å². The van der Waals surface area contributed by atoms with E-state index in [1.807, 2.05) is 18.2 Å². The molecule has 4 nitrogen and oxygen atoms in total. The highest BCUT2D eigenvalue weighted by Crippen LogP contribution is 2.32. The molecule has 0 spiro atoms. The second-order valence-electron chi connectivity index (χ2n) is 4.47. The Kier molecular flexibility index (Phi) is 3.19. The summed E-state index contributed by atoms with van der Waals surface area (Å²) in [6.07, 6.45) is 0.230. The number of amides is 1. The Labute approximate surface area is 106 Å². The number of carbonyl (C=O) groups is 2. The first-order chi connectivity index (χ1) is 8.52. The Morgan fingerprint density at radius 1 is 1.33 bits per heavy atom. The number of allylic oxidation sites excluding steroid dienone is 1. The molecule has 1 aliphatic heterocycles. The molecular weight excluding hydrogens is 230 g/mol. The third-order valence-corrected chi connectivity index (χ3v) is 3.19. The molecule has 0 radical (unpaired) electrons. The fraction of sp³-hybridized carbons (Fsp3) is 0.286. The summed E-state index contributed by atoms with van der Waals surface area (Å²) < 4.78 is 0. The molecule has 1 atom stereocenters. The van der Waals surface area contributed by atoms with Crippen molar-refractivity contribution in [2.75, 3.05) is 4.90 Å². The molecule has 0 aliphatic carbocycles. The van der Waals surface area contributed by atoms with E-state index in [0.29, 0.717) is 17.0 Å². The predicted octanol–water partition coefficient (Wildman–Crippen LogP) is 2.42. The van der Waals surface area contributed by atoms with Crippen LogP contribution in [0.4, 0.5) is 5.69 Å². The van der Waals surface area contributed by atoms with E-state index >= 15 is 0 Å². The molecule has 0 fully saturated rings. The van der Waals surface area contributed by atoms with Crippen molar-refractivity contribution >= 4 is 17.6 Å². The Hall–Kier alpha value is -2.10. The topological polar surface area (TPSA) is 57.6 Å². The van der Waals surface area contributed by atoms with Crippen molar-refractivity contribution in [1.82, 2.24) is 0 Å². The minimum absolute atomic E-state index is 0.0591. The normalized spacial score (nSPS) is 20.2. The van der Waals surface area contributed by atoms with Crippen LogP contribution in [0.3, 0.4) is 0 Å². The van der Waals surface area contributed by atoms with Gasteiger partial charge in [-0.25, -0.2) is 4.79 Å². The van der Waals surface area contributed by atoms with E-state index in [-0.39, 0.29) is 18.2 Å². The summed E-state index contributed by atoms with van der Waals surface area (Å²) >= 11 is 0. The summed E-state index contributed by atoms with van der Waals surface area (Å²) in [5.74, 6) is -1.25. The lowest BCUT2D eigenvalue weighted by Gasteiger charge is -2.32. The highest BCUT2D eigenvalue weighted by molar-refractivity contribution is 6.02. The van der Waals surface area contributed by atoms with Gasteiger partial charge in [0, 0.05) is 17.8 Å². The molecule has 1 amide bonds. The van der Waals surface area contributed by atoms with Gasteiger partial charge in [0.05, 0.1) is 5.57 Å². The Bertz CT molecular complexity index is 519. The predicted molar refractivity (Wildman–Crippen MR) is 68.0 cm³/mol. The van der Waals surface area contributed by atoms with E-state index < -0.39 is 5.97 Å². The van der Waals surface area contributed by atoms with Gasteiger partial charge in [0.2, 0.25) is 5.91 Å². The average Bonchev–Trinajstić information content (AvgIpc) is 2.28. The van der Waals surface area contributed by atoms with Crippen molar-refractivity contribution < 1.29 is 14.7 Å². The molecule has 18 heavy (non-hydrogen) atoms. The number of rotatable bonds is 2. The molecule has 0 saturated carbocycles. The monoisotopic (exact) mass is 245 g/mol. The van der Waals surface area contributed by atoms with Crippen molar-refractivity contribution in [2.45, 2.75) is 20.3 Å². The standard InChI is InChI=1S/C14H15NO3/c1-9-8-12(16)15(10(2)13(9)14(17)18)11-6-4-3-5-7-11/h3-7,9H,8H2,1-2H3,(H,17,18)/t9-/m1/s1. The van der Waals surface area contributed by atoms with Gasteiger partial charge in [0.15, 0.2) is 0 Å². The van der Waals surface area contributed by atoms with Crippen molar-refractivity contribution in [1.29, 1.82) is 0 Å². The number of benzene rings is 1. The Morgan fingerprint density at radius 2 is 1.94 bits per heavy atom. The van der Waals surface area contributed by atoms with Gasteiger partial charge in [0.1, 0.15) is 0 Å². The molecular formula is C14H15NO3. The van der Waals surface area contributed by atoms with Crippen molar-refractivity contribution in [3.63, 3.8) is 0 Å². The number of carboxylic acid groups (broad SMARTS) is 1. The largest absolute Gasteiger partial charge is 0.478 e.